The number of nitrogens with zero attached hydrogens (tertiary/aromatic N) is 1. The van der Waals surface area contributed by atoms with E-state index in [1.54, 1.807) is 5.38 Å². The van der Waals surface area contributed by atoms with Crippen molar-refractivity contribution in [1.82, 2.24) is 10.3 Å². The van der Waals surface area contributed by atoms with Gasteiger partial charge in [-0.15, -0.1) is 11.3 Å². The molecule has 0 bridgehead atoms. The van der Waals surface area contributed by atoms with Crippen LogP contribution in [0.15, 0.2) is 5.38 Å². The first-order chi connectivity index (χ1) is 8.22. The van der Waals surface area contributed by atoms with Crippen LogP contribution in [0.25, 0.3) is 0 Å². The summed E-state index contributed by atoms with van der Waals surface area (Å²) in [5, 5.41) is 13.5. The molecule has 0 radical (unpaired) electrons. The molecule has 17 heavy (non-hydrogen) atoms. The van der Waals surface area contributed by atoms with Gasteiger partial charge in [0.1, 0.15) is 0 Å². The van der Waals surface area contributed by atoms with E-state index < -0.39 is 0 Å². The van der Waals surface area contributed by atoms with Crippen molar-refractivity contribution >= 4 is 22.4 Å². The number of hydrogen-bond acceptors (Lipinski definition) is 6. The number of carbonyl (C=O) groups excluding carboxylic acids is 1. The normalized spacial score (nSPS) is 10.4. The number of aliphatic hydroxyl groups is 1. The topological polar surface area (TPSA) is 97.5 Å². The molecule has 6 nitrogen and oxygen atoms in total. The van der Waals surface area contributed by atoms with Gasteiger partial charge in [0.05, 0.1) is 25.3 Å². The SMILES string of the molecule is Nc1nc(CC(=O)NCCCOCCO)cs1. The van der Waals surface area contributed by atoms with Crippen molar-refractivity contribution in [2.75, 3.05) is 32.1 Å². The van der Waals surface area contributed by atoms with Gasteiger partial charge in [0, 0.05) is 18.5 Å². The Kier molecular flexibility index (Phi) is 6.53. The molecule has 0 fully saturated rings. The number of rotatable bonds is 8. The predicted molar refractivity (Wildman–Crippen MR) is 65.8 cm³/mol. The molecule has 7 heteroatoms. The van der Waals surface area contributed by atoms with Crippen molar-refractivity contribution in [3.63, 3.8) is 0 Å². The number of aromatic nitrogens is 1. The summed E-state index contributed by atoms with van der Waals surface area (Å²) in [5.41, 5.74) is 6.16. The lowest BCUT2D eigenvalue weighted by molar-refractivity contribution is -0.120. The fourth-order valence-corrected chi connectivity index (χ4v) is 1.76. The van der Waals surface area contributed by atoms with Crippen LogP contribution in [0.3, 0.4) is 0 Å². The van der Waals surface area contributed by atoms with Crippen LogP contribution in [0.2, 0.25) is 0 Å². The third kappa shape index (κ3) is 6.20. The predicted octanol–water partition coefficient (Wildman–Crippen LogP) is -0.217. The maximum atomic E-state index is 11.4. The van der Waals surface area contributed by atoms with Crippen LogP contribution in [0.1, 0.15) is 12.1 Å². The maximum Gasteiger partial charge on any atom is 0.226 e. The minimum Gasteiger partial charge on any atom is -0.394 e. The van der Waals surface area contributed by atoms with Gasteiger partial charge in [-0.3, -0.25) is 4.79 Å². The van der Waals surface area contributed by atoms with Crippen molar-refractivity contribution in [3.8, 4) is 0 Å². The molecular weight excluding hydrogens is 242 g/mol. The maximum absolute atomic E-state index is 11.4. The van der Waals surface area contributed by atoms with Gasteiger partial charge >= 0.3 is 0 Å². The van der Waals surface area contributed by atoms with Gasteiger partial charge in [0.2, 0.25) is 5.91 Å². The summed E-state index contributed by atoms with van der Waals surface area (Å²) < 4.78 is 5.06. The van der Waals surface area contributed by atoms with Crippen molar-refractivity contribution in [1.29, 1.82) is 0 Å². The Morgan fingerprint density at radius 3 is 3.06 bits per heavy atom. The molecule has 0 spiro atoms. The van der Waals surface area contributed by atoms with Crippen LogP contribution in [0.5, 0.6) is 0 Å². The average Bonchev–Trinajstić information content (AvgIpc) is 2.69. The van der Waals surface area contributed by atoms with Crippen LogP contribution < -0.4 is 11.1 Å². The zero-order valence-corrected chi connectivity index (χ0v) is 10.3. The second kappa shape index (κ2) is 7.99. The highest BCUT2D eigenvalue weighted by atomic mass is 32.1. The highest BCUT2D eigenvalue weighted by Crippen LogP contribution is 2.11. The van der Waals surface area contributed by atoms with E-state index in [1.165, 1.54) is 11.3 Å². The number of nitrogens with two attached hydrogens (primary N) is 1. The first kappa shape index (κ1) is 13.9. The zero-order chi connectivity index (χ0) is 12.5. The molecular formula is C10H17N3O3S. The van der Waals surface area contributed by atoms with Crippen LogP contribution in [-0.2, 0) is 16.0 Å². The number of anilines is 1. The monoisotopic (exact) mass is 259 g/mol. The molecule has 0 aliphatic heterocycles. The van der Waals surface area contributed by atoms with E-state index in [0.717, 1.165) is 6.42 Å². The van der Waals surface area contributed by atoms with Crippen molar-refractivity contribution < 1.29 is 14.6 Å². The molecule has 0 saturated carbocycles. The van der Waals surface area contributed by atoms with Crippen LogP contribution in [-0.4, -0.2) is 42.4 Å². The highest BCUT2D eigenvalue weighted by Gasteiger charge is 2.05. The smallest absolute Gasteiger partial charge is 0.226 e. The van der Waals surface area contributed by atoms with Crippen LogP contribution in [0, 0.1) is 0 Å². The first-order valence-corrected chi connectivity index (χ1v) is 6.25. The summed E-state index contributed by atoms with van der Waals surface area (Å²) in [6.45, 7) is 1.46. The number of ether oxygens (including phenoxy) is 1. The summed E-state index contributed by atoms with van der Waals surface area (Å²) in [7, 11) is 0. The van der Waals surface area contributed by atoms with Crippen molar-refractivity contribution in [3.05, 3.63) is 11.1 Å². The van der Waals surface area contributed by atoms with E-state index in [0.29, 0.717) is 30.6 Å². The zero-order valence-electron chi connectivity index (χ0n) is 9.52. The molecule has 1 aromatic rings. The molecule has 0 saturated heterocycles. The molecule has 1 amide bonds. The third-order valence-electron chi connectivity index (χ3n) is 1.93. The minimum atomic E-state index is -0.0718. The van der Waals surface area contributed by atoms with E-state index in [-0.39, 0.29) is 18.9 Å². The van der Waals surface area contributed by atoms with E-state index in [2.05, 4.69) is 10.3 Å². The van der Waals surface area contributed by atoms with E-state index in [1.807, 2.05) is 0 Å². The average molecular weight is 259 g/mol. The lowest BCUT2D eigenvalue weighted by Gasteiger charge is -2.04. The molecule has 1 heterocycles. The quantitative estimate of drug-likeness (QED) is 0.561. The summed E-state index contributed by atoms with van der Waals surface area (Å²) in [5.74, 6) is -0.0718. The number of nitrogen functional groups attached to an aromatic ring is 1. The van der Waals surface area contributed by atoms with Gasteiger partial charge in [-0.25, -0.2) is 4.98 Å². The van der Waals surface area contributed by atoms with Crippen molar-refractivity contribution in [2.45, 2.75) is 12.8 Å². The summed E-state index contributed by atoms with van der Waals surface area (Å²) >= 11 is 1.33. The summed E-state index contributed by atoms with van der Waals surface area (Å²) in [6.07, 6.45) is 0.982. The molecule has 4 N–H and O–H groups in total. The Hall–Kier alpha value is -1.18. The third-order valence-corrected chi connectivity index (χ3v) is 2.66. The molecule has 96 valence electrons. The Morgan fingerprint density at radius 2 is 2.41 bits per heavy atom. The lowest BCUT2D eigenvalue weighted by atomic mass is 10.3. The van der Waals surface area contributed by atoms with Gasteiger partial charge in [0.15, 0.2) is 5.13 Å². The first-order valence-electron chi connectivity index (χ1n) is 5.37. The Bertz CT molecular complexity index is 343. The number of aliphatic hydroxyl groups excluding tert-OH is 1. The standard InChI is InChI=1S/C10H17N3O3S/c11-10-13-8(7-17-10)6-9(15)12-2-1-4-16-5-3-14/h7,14H,1-6H2,(H2,11,13)(H,12,15). The van der Waals surface area contributed by atoms with Crippen LogP contribution >= 0.6 is 11.3 Å². The largest absolute Gasteiger partial charge is 0.394 e. The fraction of sp³-hybridized carbons (Fsp3) is 0.600. The summed E-state index contributed by atoms with van der Waals surface area (Å²) in [6, 6.07) is 0. The second-order valence-corrected chi connectivity index (χ2v) is 4.28. The fourth-order valence-electron chi connectivity index (χ4n) is 1.20. The highest BCUT2D eigenvalue weighted by molar-refractivity contribution is 7.13. The molecule has 0 unspecified atom stereocenters. The van der Waals surface area contributed by atoms with E-state index in [9.17, 15) is 4.79 Å². The Balaban J connectivity index is 2.05. The van der Waals surface area contributed by atoms with Gasteiger partial charge in [-0.05, 0) is 6.42 Å². The number of hydrogen-bond donors (Lipinski definition) is 3. The number of carbonyl (C=O) groups is 1. The molecule has 0 atom stereocenters. The lowest BCUT2D eigenvalue weighted by Crippen LogP contribution is -2.27. The number of nitrogens with one attached hydrogen (secondary N) is 1. The molecule has 0 aromatic carbocycles. The van der Waals surface area contributed by atoms with Gasteiger partial charge in [-0.2, -0.15) is 0 Å². The summed E-state index contributed by atoms with van der Waals surface area (Å²) in [4.78, 5) is 15.4. The van der Waals surface area contributed by atoms with E-state index in [4.69, 9.17) is 15.6 Å². The van der Waals surface area contributed by atoms with Gasteiger partial charge < -0.3 is 20.9 Å². The number of thiazole rings is 1. The number of amides is 1. The molecule has 1 rings (SSSR count). The molecule has 0 aliphatic carbocycles. The Labute approximate surface area is 104 Å². The minimum absolute atomic E-state index is 0.0254. The van der Waals surface area contributed by atoms with Gasteiger partial charge in [0.25, 0.3) is 0 Å². The second-order valence-electron chi connectivity index (χ2n) is 3.39. The van der Waals surface area contributed by atoms with Crippen LogP contribution in [0.4, 0.5) is 5.13 Å². The van der Waals surface area contributed by atoms with E-state index >= 15 is 0 Å². The van der Waals surface area contributed by atoms with Crippen molar-refractivity contribution in [2.24, 2.45) is 0 Å². The molecule has 1 aromatic heterocycles. The molecule has 0 aliphatic rings. The Morgan fingerprint density at radius 1 is 1.59 bits per heavy atom. The van der Waals surface area contributed by atoms with Gasteiger partial charge in [-0.1, -0.05) is 0 Å².